The van der Waals surface area contributed by atoms with Gasteiger partial charge in [0.2, 0.25) is 5.91 Å². The number of amides is 1. The van der Waals surface area contributed by atoms with Crippen LogP contribution in [0.2, 0.25) is 0 Å². The van der Waals surface area contributed by atoms with Crippen LogP contribution in [-0.4, -0.2) is 73.4 Å². The SMILES string of the molecule is CCCCCCCCCCCCCC/C=C\CCCCCCCCCCCCCCCCCC(=O)NC(COP(=O)(O)OCC[N+](C)(C)C)C(O)/C=C/CC/C=C/CCCCCCCCCCCCCC. The average Bonchev–Trinajstić information content (AvgIpc) is 3.33. The summed E-state index contributed by atoms with van der Waals surface area (Å²) in [5.74, 6) is -0.182. The first-order chi connectivity index (χ1) is 34.5. The number of quaternary nitrogens is 1. The van der Waals surface area contributed by atoms with Gasteiger partial charge in [-0.05, 0) is 57.8 Å². The molecule has 0 aromatic heterocycles. The van der Waals surface area contributed by atoms with Crippen LogP contribution in [0.5, 0.6) is 0 Å². The molecule has 71 heavy (non-hydrogen) atoms. The zero-order chi connectivity index (χ0) is 52.0. The number of carbonyl (C=O) groups excluding carboxylic acids is 1. The first-order valence-corrected chi connectivity index (χ1v) is 32.4. The van der Waals surface area contributed by atoms with Crippen molar-refractivity contribution in [2.75, 3.05) is 40.9 Å². The summed E-state index contributed by atoms with van der Waals surface area (Å²) >= 11 is 0. The number of aliphatic hydroxyl groups is 1. The number of allylic oxidation sites excluding steroid dienone is 5. The van der Waals surface area contributed by atoms with E-state index in [0.717, 1.165) is 38.5 Å². The number of carbonyl (C=O) groups is 1. The zero-order valence-corrected chi connectivity index (χ0v) is 48.9. The predicted octanol–water partition coefficient (Wildman–Crippen LogP) is 18.9. The Morgan fingerprint density at radius 3 is 1.13 bits per heavy atom. The second-order valence-corrected chi connectivity index (χ2v) is 23.9. The van der Waals surface area contributed by atoms with E-state index in [0.29, 0.717) is 17.4 Å². The molecule has 3 unspecified atom stereocenters. The summed E-state index contributed by atoms with van der Waals surface area (Å²) in [6.45, 7) is 4.83. The molecule has 0 aliphatic carbocycles. The Hall–Kier alpha value is -1.28. The summed E-state index contributed by atoms with van der Waals surface area (Å²) in [4.78, 5) is 23.3. The van der Waals surface area contributed by atoms with Crippen LogP contribution in [0.3, 0.4) is 0 Å². The lowest BCUT2D eigenvalue weighted by molar-refractivity contribution is -0.870. The molecule has 0 rings (SSSR count). The maximum Gasteiger partial charge on any atom is 0.472 e. The van der Waals surface area contributed by atoms with Gasteiger partial charge in [0.1, 0.15) is 13.2 Å². The molecule has 3 atom stereocenters. The van der Waals surface area contributed by atoms with Crippen molar-refractivity contribution in [2.24, 2.45) is 0 Å². The van der Waals surface area contributed by atoms with Crippen molar-refractivity contribution in [1.29, 1.82) is 0 Å². The highest BCUT2D eigenvalue weighted by Gasteiger charge is 2.27. The van der Waals surface area contributed by atoms with E-state index in [-0.39, 0.29) is 19.1 Å². The van der Waals surface area contributed by atoms with Crippen LogP contribution in [0.4, 0.5) is 0 Å². The lowest BCUT2D eigenvalue weighted by Gasteiger charge is -2.25. The first kappa shape index (κ1) is 69.7. The van der Waals surface area contributed by atoms with E-state index in [1.165, 1.54) is 244 Å². The Morgan fingerprint density at radius 1 is 0.465 bits per heavy atom. The van der Waals surface area contributed by atoms with Gasteiger partial charge in [-0.2, -0.15) is 0 Å². The van der Waals surface area contributed by atoms with Gasteiger partial charge >= 0.3 is 7.82 Å². The maximum atomic E-state index is 13.0. The van der Waals surface area contributed by atoms with Crippen LogP contribution in [0.15, 0.2) is 36.5 Å². The number of phosphoric ester groups is 1. The molecule has 0 aliphatic heterocycles. The highest BCUT2D eigenvalue weighted by atomic mass is 31.2. The number of unbranched alkanes of at least 4 members (excludes halogenated alkanes) is 40. The summed E-state index contributed by atoms with van der Waals surface area (Å²) in [5, 5.41) is 13.9. The molecule has 0 aliphatic rings. The molecule has 0 aromatic rings. The van der Waals surface area contributed by atoms with Gasteiger partial charge in [0.05, 0.1) is 39.9 Å². The Bertz CT molecular complexity index is 1250. The van der Waals surface area contributed by atoms with Crippen molar-refractivity contribution in [3.63, 3.8) is 0 Å². The average molecular weight is 1020 g/mol. The van der Waals surface area contributed by atoms with Gasteiger partial charge in [-0.3, -0.25) is 13.8 Å². The van der Waals surface area contributed by atoms with Gasteiger partial charge in [0, 0.05) is 6.42 Å². The molecule has 0 heterocycles. The Kier molecular flexibility index (Phi) is 52.6. The molecule has 0 fully saturated rings. The first-order valence-electron chi connectivity index (χ1n) is 30.9. The van der Waals surface area contributed by atoms with Gasteiger partial charge in [0.15, 0.2) is 0 Å². The van der Waals surface area contributed by atoms with Crippen molar-refractivity contribution in [3.05, 3.63) is 36.5 Å². The number of hydrogen-bond acceptors (Lipinski definition) is 5. The number of phosphoric acid groups is 1. The smallest absolute Gasteiger partial charge is 0.387 e. The number of hydrogen-bond donors (Lipinski definition) is 3. The summed E-state index contributed by atoms with van der Waals surface area (Å²) < 4.78 is 23.7. The summed E-state index contributed by atoms with van der Waals surface area (Å²) in [6, 6.07) is -0.862. The summed E-state index contributed by atoms with van der Waals surface area (Å²) in [5.41, 5.74) is 0. The third-order valence-corrected chi connectivity index (χ3v) is 15.1. The Labute approximate surface area is 442 Å². The third kappa shape index (κ3) is 56.3. The fourth-order valence-corrected chi connectivity index (χ4v) is 9.97. The quantitative estimate of drug-likeness (QED) is 0.0243. The molecule has 0 saturated heterocycles. The summed E-state index contributed by atoms with van der Waals surface area (Å²) in [7, 11) is 1.56. The Balaban J connectivity index is 4.10. The van der Waals surface area contributed by atoms with Crippen LogP contribution >= 0.6 is 7.82 Å². The predicted molar refractivity (Wildman–Crippen MR) is 309 cm³/mol. The minimum Gasteiger partial charge on any atom is -0.387 e. The van der Waals surface area contributed by atoms with Crippen molar-refractivity contribution >= 4 is 13.7 Å². The molecule has 0 radical (unpaired) electrons. The fraction of sp³-hybridized carbons (Fsp3) is 0.887. The molecule has 0 aromatic carbocycles. The van der Waals surface area contributed by atoms with E-state index in [9.17, 15) is 19.4 Å². The van der Waals surface area contributed by atoms with Gasteiger partial charge in [-0.15, -0.1) is 0 Å². The van der Waals surface area contributed by atoms with Gasteiger partial charge in [0.25, 0.3) is 0 Å². The molecule has 0 spiro atoms. The number of nitrogens with one attached hydrogen (secondary N) is 1. The maximum absolute atomic E-state index is 13.0. The van der Waals surface area contributed by atoms with E-state index in [1.54, 1.807) is 6.08 Å². The number of rotatable bonds is 57. The lowest BCUT2D eigenvalue weighted by Crippen LogP contribution is -2.45. The van der Waals surface area contributed by atoms with Crippen LogP contribution in [0, 0.1) is 0 Å². The van der Waals surface area contributed by atoms with Crippen molar-refractivity contribution < 1.29 is 32.9 Å². The topological polar surface area (TPSA) is 105 Å². The van der Waals surface area contributed by atoms with E-state index in [1.807, 2.05) is 27.2 Å². The molecular weight excluding hydrogens is 900 g/mol. The molecule has 0 saturated carbocycles. The van der Waals surface area contributed by atoms with E-state index in [2.05, 4.69) is 43.5 Å². The molecular formula is C62H122N2O6P+. The minimum absolute atomic E-state index is 0.0574. The van der Waals surface area contributed by atoms with Gasteiger partial charge in [-0.1, -0.05) is 275 Å². The van der Waals surface area contributed by atoms with Gasteiger partial charge in [-0.25, -0.2) is 4.57 Å². The second-order valence-electron chi connectivity index (χ2n) is 22.4. The largest absolute Gasteiger partial charge is 0.472 e. The van der Waals surface area contributed by atoms with Gasteiger partial charge < -0.3 is 19.8 Å². The van der Waals surface area contributed by atoms with Crippen molar-refractivity contribution in [1.82, 2.24) is 5.32 Å². The Morgan fingerprint density at radius 2 is 0.775 bits per heavy atom. The van der Waals surface area contributed by atoms with Crippen molar-refractivity contribution in [3.8, 4) is 0 Å². The minimum atomic E-state index is -4.35. The monoisotopic (exact) mass is 1020 g/mol. The number of aliphatic hydroxyl groups excluding tert-OH is 1. The van der Waals surface area contributed by atoms with E-state index in [4.69, 9.17) is 9.05 Å². The van der Waals surface area contributed by atoms with Crippen LogP contribution < -0.4 is 5.32 Å². The van der Waals surface area contributed by atoms with Crippen LogP contribution in [-0.2, 0) is 18.4 Å². The molecule has 420 valence electrons. The molecule has 3 N–H and O–H groups in total. The van der Waals surface area contributed by atoms with Crippen molar-refractivity contribution in [2.45, 2.75) is 315 Å². The van der Waals surface area contributed by atoms with E-state index < -0.39 is 20.0 Å². The normalized spacial score (nSPS) is 14.1. The molecule has 8 nitrogen and oxygen atoms in total. The zero-order valence-electron chi connectivity index (χ0n) is 48.0. The standard InChI is InChI=1S/C62H121N2O6P/c1-6-8-10-12-14-16-18-20-22-24-26-27-28-29-30-31-32-33-34-35-36-37-38-40-42-44-46-48-50-52-54-56-62(66)63-60(59-70-71(67,68)69-58-57-64(3,4)5)61(65)55-53-51-49-47-45-43-41-39-25-23-21-19-17-15-13-11-9-7-2/h29-30,45,47,53,55,60-61,65H,6-28,31-44,46,48-52,54,56-59H2,1-5H3,(H-,63,66,67,68)/p+1/b30-29-,47-45+,55-53+. The number of likely N-dealkylation sites (N-methyl/N-ethyl adjacent to an activating group) is 1. The highest BCUT2D eigenvalue weighted by molar-refractivity contribution is 7.47. The molecule has 9 heteroatoms. The van der Waals surface area contributed by atoms with Crippen LogP contribution in [0.1, 0.15) is 303 Å². The lowest BCUT2D eigenvalue weighted by atomic mass is 10.0. The third-order valence-electron chi connectivity index (χ3n) is 14.1. The van der Waals surface area contributed by atoms with E-state index >= 15 is 0 Å². The van der Waals surface area contributed by atoms with Crippen LogP contribution in [0.25, 0.3) is 0 Å². The molecule has 0 bridgehead atoms. The molecule has 1 amide bonds. The fourth-order valence-electron chi connectivity index (χ4n) is 9.23. The highest BCUT2D eigenvalue weighted by Crippen LogP contribution is 2.43. The number of nitrogens with zero attached hydrogens (tertiary/aromatic N) is 1. The second kappa shape index (κ2) is 53.5. The summed E-state index contributed by atoms with van der Waals surface area (Å²) in [6.07, 6.45) is 69.8.